The molecule has 0 bridgehead atoms. The van der Waals surface area contributed by atoms with E-state index in [1.54, 1.807) is 6.26 Å². The molecule has 0 aromatic heterocycles. The van der Waals surface area contributed by atoms with Crippen molar-refractivity contribution < 1.29 is 13.7 Å². The summed E-state index contributed by atoms with van der Waals surface area (Å²) in [5.41, 5.74) is 0.205. The fourth-order valence-electron chi connectivity index (χ4n) is 4.65. The summed E-state index contributed by atoms with van der Waals surface area (Å²) < 4.78 is 17.3. The molecule has 0 unspecified atom stereocenters. The molecule has 1 aliphatic heterocycles. The smallest absolute Gasteiger partial charge is 0.315 e. The summed E-state index contributed by atoms with van der Waals surface area (Å²) in [6, 6.07) is 0.205. The van der Waals surface area contributed by atoms with Crippen molar-refractivity contribution in [2.75, 3.05) is 19.4 Å². The number of carbonyl (C=O) groups is 1. The van der Waals surface area contributed by atoms with Crippen LogP contribution in [0, 0.1) is 11.3 Å². The van der Waals surface area contributed by atoms with E-state index in [1.165, 1.54) is 25.7 Å². The summed E-state index contributed by atoms with van der Waals surface area (Å²) in [7, 11) is -0.825. The SMILES string of the molecule is C[C@H](CCNC(=O)N[C@@H]1[C@@H]2CCO[C@H]2C12CCCC2)[S@](C)=O. The van der Waals surface area contributed by atoms with Gasteiger partial charge >= 0.3 is 6.03 Å². The number of fused-ring (bicyclic) bond motifs is 2. The highest BCUT2D eigenvalue weighted by molar-refractivity contribution is 7.84. The second-order valence-electron chi connectivity index (χ2n) is 7.16. The van der Waals surface area contributed by atoms with Gasteiger partial charge < -0.3 is 15.4 Å². The van der Waals surface area contributed by atoms with E-state index in [-0.39, 0.29) is 22.7 Å². The predicted octanol–water partition coefficient (Wildman–Crippen LogP) is 1.79. The first-order chi connectivity index (χ1) is 10.5. The van der Waals surface area contributed by atoms with E-state index < -0.39 is 10.8 Å². The van der Waals surface area contributed by atoms with Gasteiger partial charge in [0.15, 0.2) is 0 Å². The maximum Gasteiger partial charge on any atom is 0.315 e. The van der Waals surface area contributed by atoms with E-state index in [2.05, 4.69) is 10.6 Å². The molecule has 3 aliphatic rings. The molecule has 1 heterocycles. The van der Waals surface area contributed by atoms with Gasteiger partial charge in [-0.15, -0.1) is 0 Å². The number of amides is 2. The Morgan fingerprint density at radius 2 is 2.14 bits per heavy atom. The maximum absolute atomic E-state index is 12.2. The minimum Gasteiger partial charge on any atom is -0.377 e. The van der Waals surface area contributed by atoms with Crippen LogP contribution in [-0.2, 0) is 15.5 Å². The maximum atomic E-state index is 12.2. The molecule has 2 N–H and O–H groups in total. The van der Waals surface area contributed by atoms with E-state index >= 15 is 0 Å². The molecule has 2 saturated carbocycles. The fourth-order valence-corrected chi connectivity index (χ4v) is 5.10. The van der Waals surface area contributed by atoms with Gasteiger partial charge in [-0.05, 0) is 25.7 Å². The van der Waals surface area contributed by atoms with Crippen LogP contribution in [0.3, 0.4) is 0 Å². The van der Waals surface area contributed by atoms with Gasteiger partial charge in [-0.1, -0.05) is 19.8 Å². The second-order valence-corrected chi connectivity index (χ2v) is 8.96. The largest absolute Gasteiger partial charge is 0.377 e. The average Bonchev–Trinajstić information content (AvgIpc) is 3.12. The van der Waals surface area contributed by atoms with E-state index in [0.717, 1.165) is 19.4 Å². The van der Waals surface area contributed by atoms with Crippen LogP contribution in [0.4, 0.5) is 4.79 Å². The number of ether oxygens (including phenoxy) is 1. The number of rotatable bonds is 5. The molecule has 1 saturated heterocycles. The Labute approximate surface area is 135 Å². The third kappa shape index (κ3) is 2.80. The Balaban J connectivity index is 1.49. The zero-order chi connectivity index (χ0) is 15.7. The molecule has 0 radical (unpaired) electrons. The van der Waals surface area contributed by atoms with Gasteiger partial charge in [-0.25, -0.2) is 4.79 Å². The van der Waals surface area contributed by atoms with E-state index in [9.17, 15) is 9.00 Å². The molecule has 3 rings (SSSR count). The van der Waals surface area contributed by atoms with Crippen molar-refractivity contribution in [2.45, 2.75) is 62.8 Å². The number of nitrogens with one attached hydrogen (secondary N) is 2. The molecule has 2 aliphatic carbocycles. The van der Waals surface area contributed by atoms with Crippen molar-refractivity contribution in [1.29, 1.82) is 0 Å². The van der Waals surface area contributed by atoms with Crippen LogP contribution >= 0.6 is 0 Å². The van der Waals surface area contributed by atoms with Crippen molar-refractivity contribution in [2.24, 2.45) is 11.3 Å². The molecule has 0 aromatic carbocycles. The van der Waals surface area contributed by atoms with Gasteiger partial charge in [-0.2, -0.15) is 0 Å². The molecule has 126 valence electrons. The molecule has 6 heteroatoms. The van der Waals surface area contributed by atoms with Gasteiger partial charge in [-0.3, -0.25) is 4.21 Å². The molecule has 2 amide bonds. The first-order valence-electron chi connectivity index (χ1n) is 8.53. The van der Waals surface area contributed by atoms with Gasteiger partial charge in [0.05, 0.1) is 6.10 Å². The van der Waals surface area contributed by atoms with Crippen LogP contribution in [0.5, 0.6) is 0 Å². The van der Waals surface area contributed by atoms with Crippen LogP contribution in [0.2, 0.25) is 0 Å². The second kappa shape index (κ2) is 6.48. The summed E-state index contributed by atoms with van der Waals surface area (Å²) >= 11 is 0. The lowest BCUT2D eigenvalue weighted by Crippen LogP contribution is -2.69. The molecule has 5 atom stereocenters. The Morgan fingerprint density at radius 1 is 1.41 bits per heavy atom. The lowest BCUT2D eigenvalue weighted by Gasteiger charge is -2.56. The van der Waals surface area contributed by atoms with E-state index in [4.69, 9.17) is 4.74 Å². The van der Waals surface area contributed by atoms with Crippen molar-refractivity contribution in [3.63, 3.8) is 0 Å². The van der Waals surface area contributed by atoms with Crippen molar-refractivity contribution in [3.8, 4) is 0 Å². The Bertz CT molecular complexity index is 451. The Morgan fingerprint density at radius 3 is 2.82 bits per heavy atom. The Kier molecular flexibility index (Phi) is 4.78. The third-order valence-corrected chi connectivity index (χ3v) is 7.34. The molecule has 0 aromatic rings. The first-order valence-corrected chi connectivity index (χ1v) is 10.1. The number of hydrogen-bond acceptors (Lipinski definition) is 3. The number of hydrogen-bond donors (Lipinski definition) is 2. The zero-order valence-corrected chi connectivity index (χ0v) is 14.4. The predicted molar refractivity (Wildman–Crippen MR) is 87.2 cm³/mol. The highest BCUT2D eigenvalue weighted by Gasteiger charge is 2.65. The van der Waals surface area contributed by atoms with Crippen LogP contribution in [-0.4, -0.2) is 47.0 Å². The van der Waals surface area contributed by atoms with E-state index in [1.807, 2.05) is 6.92 Å². The van der Waals surface area contributed by atoms with E-state index in [0.29, 0.717) is 18.6 Å². The van der Waals surface area contributed by atoms with Gasteiger partial charge in [0.1, 0.15) is 0 Å². The third-order valence-electron chi connectivity index (χ3n) is 5.98. The lowest BCUT2D eigenvalue weighted by atomic mass is 9.54. The highest BCUT2D eigenvalue weighted by atomic mass is 32.2. The average molecular weight is 328 g/mol. The number of urea groups is 1. The summed E-state index contributed by atoms with van der Waals surface area (Å²) in [6.45, 7) is 3.38. The minimum atomic E-state index is -0.825. The summed E-state index contributed by atoms with van der Waals surface area (Å²) in [6.07, 6.45) is 8.80. The fraction of sp³-hybridized carbons (Fsp3) is 0.938. The van der Waals surface area contributed by atoms with Crippen LogP contribution in [0.25, 0.3) is 0 Å². The molecule has 5 nitrogen and oxygen atoms in total. The molecule has 1 spiro atoms. The van der Waals surface area contributed by atoms with Gasteiger partial charge in [0.2, 0.25) is 0 Å². The summed E-state index contributed by atoms with van der Waals surface area (Å²) in [4.78, 5) is 12.2. The highest BCUT2D eigenvalue weighted by Crippen LogP contribution is 2.60. The molecular weight excluding hydrogens is 300 g/mol. The van der Waals surface area contributed by atoms with Crippen LogP contribution < -0.4 is 10.6 Å². The number of carbonyl (C=O) groups excluding carboxylic acids is 1. The van der Waals surface area contributed by atoms with Crippen molar-refractivity contribution in [3.05, 3.63) is 0 Å². The van der Waals surface area contributed by atoms with Crippen molar-refractivity contribution in [1.82, 2.24) is 10.6 Å². The first kappa shape index (κ1) is 16.2. The van der Waals surface area contributed by atoms with Crippen LogP contribution in [0.1, 0.15) is 45.4 Å². The zero-order valence-electron chi connectivity index (χ0n) is 13.6. The van der Waals surface area contributed by atoms with Crippen LogP contribution in [0.15, 0.2) is 0 Å². The monoisotopic (exact) mass is 328 g/mol. The summed E-state index contributed by atoms with van der Waals surface area (Å²) in [5.74, 6) is 0.505. The normalized spacial score (nSPS) is 34.7. The minimum absolute atomic E-state index is 0.0734. The van der Waals surface area contributed by atoms with Gasteiger partial charge in [0, 0.05) is 52.8 Å². The topological polar surface area (TPSA) is 67.4 Å². The lowest BCUT2D eigenvalue weighted by molar-refractivity contribution is -0.126. The van der Waals surface area contributed by atoms with Gasteiger partial charge in [0.25, 0.3) is 0 Å². The van der Waals surface area contributed by atoms with Crippen molar-refractivity contribution >= 4 is 16.8 Å². The molecule has 3 fully saturated rings. The Hall–Kier alpha value is -0.620. The molecule has 22 heavy (non-hydrogen) atoms. The molecular formula is C16H28N2O3S. The quantitative estimate of drug-likeness (QED) is 0.808. The standard InChI is InChI=1S/C16H28N2O3S/c1-11(22(2)20)5-9-17-15(19)18-13-12-6-10-21-14(12)16(13)7-3-4-8-16/h11-14H,3-10H2,1-2H3,(H2,17,18,19)/t11-,12+,13-,14-,22+/m1/s1. The summed E-state index contributed by atoms with van der Waals surface area (Å²) in [5, 5.41) is 6.27.